The molecule has 0 radical (unpaired) electrons. The van der Waals surface area contributed by atoms with Crippen molar-refractivity contribution in [2.24, 2.45) is 0 Å². The van der Waals surface area contributed by atoms with Crippen LogP contribution >= 0.6 is 11.3 Å². The van der Waals surface area contributed by atoms with Crippen molar-refractivity contribution >= 4 is 17.2 Å². The first-order chi connectivity index (χ1) is 10.7. The molecular weight excluding hydrogens is 300 g/mol. The Morgan fingerprint density at radius 3 is 2.91 bits per heavy atom. The Kier molecular flexibility index (Phi) is 4.06. The van der Waals surface area contributed by atoms with Gasteiger partial charge in [-0.3, -0.25) is 9.78 Å². The summed E-state index contributed by atoms with van der Waals surface area (Å²) in [6, 6.07) is 10.8. The number of thiophene rings is 1. The maximum absolute atomic E-state index is 12.1. The third kappa shape index (κ3) is 3.26. The number of nitrogens with zero attached hydrogens (tertiary/aromatic N) is 2. The Hall–Kier alpha value is -2.80. The van der Waals surface area contributed by atoms with Crippen molar-refractivity contribution in [1.82, 2.24) is 20.3 Å². The fourth-order valence-electron chi connectivity index (χ4n) is 1.90. The van der Waals surface area contributed by atoms with E-state index in [1.807, 2.05) is 29.6 Å². The zero-order chi connectivity index (χ0) is 15.4. The Morgan fingerprint density at radius 1 is 1.27 bits per heavy atom. The quantitative estimate of drug-likeness (QED) is 0.769. The summed E-state index contributed by atoms with van der Waals surface area (Å²) in [4.78, 5) is 35.1. The Morgan fingerprint density at radius 2 is 2.18 bits per heavy atom. The van der Waals surface area contributed by atoms with E-state index in [0.717, 1.165) is 10.6 Å². The smallest absolute Gasteiger partial charge is 0.345 e. The van der Waals surface area contributed by atoms with Gasteiger partial charge < -0.3 is 10.3 Å². The summed E-state index contributed by atoms with van der Waals surface area (Å²) in [5.41, 5.74) is 0.856. The highest BCUT2D eigenvalue weighted by molar-refractivity contribution is 7.13. The van der Waals surface area contributed by atoms with Crippen LogP contribution in [0.3, 0.4) is 0 Å². The fraction of sp³-hybridized carbons (Fsp3) is 0.0667. The Balaban J connectivity index is 1.79. The third-order valence-electron chi connectivity index (χ3n) is 2.92. The van der Waals surface area contributed by atoms with Gasteiger partial charge in [0.15, 0.2) is 0 Å². The molecule has 0 saturated heterocycles. The molecule has 0 atom stereocenters. The third-order valence-corrected chi connectivity index (χ3v) is 3.82. The number of hydrogen-bond acceptors (Lipinski definition) is 5. The van der Waals surface area contributed by atoms with Crippen molar-refractivity contribution in [2.45, 2.75) is 6.54 Å². The lowest BCUT2D eigenvalue weighted by atomic mass is 10.2. The van der Waals surface area contributed by atoms with Gasteiger partial charge in [-0.05, 0) is 29.6 Å². The number of pyridine rings is 1. The number of aromatic nitrogens is 3. The molecule has 3 aromatic rings. The second kappa shape index (κ2) is 6.31. The van der Waals surface area contributed by atoms with E-state index in [9.17, 15) is 9.59 Å². The normalized spacial score (nSPS) is 10.4. The van der Waals surface area contributed by atoms with Gasteiger partial charge in [0.2, 0.25) is 0 Å². The van der Waals surface area contributed by atoms with Crippen LogP contribution in [-0.4, -0.2) is 20.9 Å². The van der Waals surface area contributed by atoms with E-state index in [-0.39, 0.29) is 12.2 Å². The zero-order valence-electron chi connectivity index (χ0n) is 11.4. The van der Waals surface area contributed by atoms with Gasteiger partial charge in [0.1, 0.15) is 5.69 Å². The van der Waals surface area contributed by atoms with Gasteiger partial charge in [-0.1, -0.05) is 12.1 Å². The van der Waals surface area contributed by atoms with Crippen LogP contribution in [0, 0.1) is 0 Å². The number of carbonyl (C=O) groups excluding carboxylic acids is 1. The lowest BCUT2D eigenvalue weighted by Gasteiger charge is -2.05. The second-order valence-electron chi connectivity index (χ2n) is 4.47. The summed E-state index contributed by atoms with van der Waals surface area (Å²) in [5.74, 6) is -0.408. The minimum atomic E-state index is -0.547. The monoisotopic (exact) mass is 312 g/mol. The van der Waals surface area contributed by atoms with Crippen molar-refractivity contribution in [1.29, 1.82) is 0 Å². The fourth-order valence-corrected chi connectivity index (χ4v) is 2.60. The molecule has 0 unspecified atom stereocenters. The van der Waals surface area contributed by atoms with Gasteiger partial charge in [-0.15, -0.1) is 11.3 Å². The number of H-pyrrole nitrogens is 1. The molecule has 2 N–H and O–H groups in total. The first-order valence-electron chi connectivity index (χ1n) is 6.56. The summed E-state index contributed by atoms with van der Waals surface area (Å²) in [5, 5.41) is 4.60. The predicted molar refractivity (Wildman–Crippen MR) is 83.6 cm³/mol. The van der Waals surface area contributed by atoms with E-state index in [4.69, 9.17) is 0 Å². The van der Waals surface area contributed by atoms with Gasteiger partial charge in [0.05, 0.1) is 22.8 Å². The van der Waals surface area contributed by atoms with E-state index in [1.54, 1.807) is 18.3 Å². The standard InChI is InChI=1S/C15H12N4O2S/c20-14(17-9-10-4-1-2-6-16-10)12-8-11(18-15(21)19-12)13-5-3-7-22-13/h1-8H,9H2,(H,17,20)(H,18,19,21). The minimum absolute atomic E-state index is 0.0862. The number of hydrogen-bond donors (Lipinski definition) is 2. The van der Waals surface area contributed by atoms with Gasteiger partial charge in [0, 0.05) is 6.20 Å². The van der Waals surface area contributed by atoms with Gasteiger partial charge >= 0.3 is 5.69 Å². The summed E-state index contributed by atoms with van der Waals surface area (Å²) in [6.07, 6.45) is 1.65. The van der Waals surface area contributed by atoms with E-state index in [0.29, 0.717) is 5.69 Å². The van der Waals surface area contributed by atoms with Crippen molar-refractivity contribution in [3.63, 3.8) is 0 Å². The molecule has 7 heteroatoms. The molecule has 3 aromatic heterocycles. The van der Waals surface area contributed by atoms with Crippen LogP contribution in [0.2, 0.25) is 0 Å². The summed E-state index contributed by atoms with van der Waals surface area (Å²) in [6.45, 7) is 0.280. The number of carbonyl (C=O) groups is 1. The zero-order valence-corrected chi connectivity index (χ0v) is 12.3. The number of amides is 1. The molecule has 0 saturated carbocycles. The summed E-state index contributed by atoms with van der Waals surface area (Å²) in [7, 11) is 0. The summed E-state index contributed by atoms with van der Waals surface area (Å²) >= 11 is 1.48. The molecule has 22 heavy (non-hydrogen) atoms. The SMILES string of the molecule is O=C(NCc1ccccn1)c1cc(-c2cccs2)[nH]c(=O)n1. The molecule has 110 valence electrons. The average Bonchev–Trinajstić information content (AvgIpc) is 3.07. The minimum Gasteiger partial charge on any atom is -0.345 e. The molecule has 3 heterocycles. The van der Waals surface area contributed by atoms with E-state index in [2.05, 4.69) is 20.3 Å². The average molecular weight is 312 g/mol. The molecule has 0 aliphatic rings. The van der Waals surface area contributed by atoms with Crippen LogP contribution in [-0.2, 0) is 6.54 Å². The molecule has 0 fully saturated rings. The van der Waals surface area contributed by atoms with Crippen LogP contribution in [0.4, 0.5) is 0 Å². The van der Waals surface area contributed by atoms with Crippen molar-refractivity contribution in [3.8, 4) is 10.6 Å². The van der Waals surface area contributed by atoms with Crippen LogP contribution in [0.25, 0.3) is 10.6 Å². The van der Waals surface area contributed by atoms with E-state index in [1.165, 1.54) is 11.3 Å². The van der Waals surface area contributed by atoms with E-state index >= 15 is 0 Å². The first kappa shape index (κ1) is 14.2. The number of aromatic amines is 1. The molecule has 6 nitrogen and oxygen atoms in total. The molecule has 0 spiro atoms. The van der Waals surface area contributed by atoms with Crippen LogP contribution < -0.4 is 11.0 Å². The molecule has 0 aromatic carbocycles. The lowest BCUT2D eigenvalue weighted by molar-refractivity contribution is 0.0945. The molecule has 3 rings (SSSR count). The van der Waals surface area contributed by atoms with Crippen LogP contribution in [0.1, 0.15) is 16.2 Å². The first-order valence-corrected chi connectivity index (χ1v) is 7.44. The molecule has 0 bridgehead atoms. The maximum Gasteiger partial charge on any atom is 0.346 e. The highest BCUT2D eigenvalue weighted by Crippen LogP contribution is 2.21. The predicted octanol–water partition coefficient (Wildman–Crippen LogP) is 1.82. The summed E-state index contributed by atoms with van der Waals surface area (Å²) < 4.78 is 0. The number of nitrogens with one attached hydrogen (secondary N) is 2. The van der Waals surface area contributed by atoms with Crippen molar-refractivity contribution in [2.75, 3.05) is 0 Å². The Labute approximate surface area is 129 Å². The van der Waals surface area contributed by atoms with Crippen LogP contribution in [0.5, 0.6) is 0 Å². The highest BCUT2D eigenvalue weighted by Gasteiger charge is 2.11. The van der Waals surface area contributed by atoms with Gasteiger partial charge in [0.25, 0.3) is 5.91 Å². The van der Waals surface area contributed by atoms with Gasteiger partial charge in [-0.2, -0.15) is 4.98 Å². The van der Waals surface area contributed by atoms with Crippen molar-refractivity contribution < 1.29 is 4.79 Å². The van der Waals surface area contributed by atoms with E-state index < -0.39 is 11.6 Å². The topological polar surface area (TPSA) is 87.7 Å². The second-order valence-corrected chi connectivity index (χ2v) is 5.41. The molecule has 0 aliphatic heterocycles. The highest BCUT2D eigenvalue weighted by atomic mass is 32.1. The number of rotatable bonds is 4. The van der Waals surface area contributed by atoms with Crippen LogP contribution in [0.15, 0.2) is 52.8 Å². The largest absolute Gasteiger partial charge is 0.346 e. The van der Waals surface area contributed by atoms with Gasteiger partial charge in [-0.25, -0.2) is 4.79 Å². The molecule has 0 aliphatic carbocycles. The lowest BCUT2D eigenvalue weighted by Crippen LogP contribution is -2.27. The molecular formula is C15H12N4O2S. The molecule has 1 amide bonds. The Bertz CT molecular complexity index is 828. The maximum atomic E-state index is 12.1. The van der Waals surface area contributed by atoms with Crippen molar-refractivity contribution in [3.05, 3.63) is 69.8 Å².